The number of hydrogen-bond donors (Lipinski definition) is 1. The van der Waals surface area contributed by atoms with Gasteiger partial charge in [-0.2, -0.15) is 0 Å². The van der Waals surface area contributed by atoms with E-state index >= 15 is 0 Å². The van der Waals surface area contributed by atoms with E-state index in [1.165, 1.54) is 5.56 Å². The minimum absolute atomic E-state index is 0.344. The number of aryl methyl sites for hydroxylation is 1. The van der Waals surface area contributed by atoms with Crippen LogP contribution in [-0.4, -0.2) is 11.2 Å². The van der Waals surface area contributed by atoms with Crippen molar-refractivity contribution in [3.05, 3.63) is 48.6 Å². The normalized spacial score (nSPS) is 12.4. The molecule has 0 fully saturated rings. The molecule has 1 N–H and O–H groups in total. The lowest BCUT2D eigenvalue weighted by Crippen LogP contribution is -2.01. The quantitative estimate of drug-likeness (QED) is 0.683. The van der Waals surface area contributed by atoms with Gasteiger partial charge in [0.05, 0.1) is 6.10 Å². The molecule has 0 bridgehead atoms. The molecule has 0 amide bonds. The SMILES string of the molecule is C=CC(O)CCCc1ccccc1. The summed E-state index contributed by atoms with van der Waals surface area (Å²) >= 11 is 0. The predicted octanol–water partition coefficient (Wildman–Crippen LogP) is 2.56. The third-order valence-electron chi connectivity index (χ3n) is 2.08. The molecule has 1 aromatic carbocycles. The maximum absolute atomic E-state index is 9.22. The van der Waals surface area contributed by atoms with Crippen LogP contribution in [0.4, 0.5) is 0 Å². The van der Waals surface area contributed by atoms with Crippen molar-refractivity contribution < 1.29 is 5.11 Å². The summed E-state index contributed by atoms with van der Waals surface area (Å²) in [6.45, 7) is 3.54. The Balaban J connectivity index is 2.24. The average molecular weight is 176 g/mol. The molecule has 0 radical (unpaired) electrons. The summed E-state index contributed by atoms with van der Waals surface area (Å²) in [5.41, 5.74) is 1.33. The highest BCUT2D eigenvalue weighted by atomic mass is 16.3. The highest BCUT2D eigenvalue weighted by Gasteiger charge is 1.97. The van der Waals surface area contributed by atoms with Gasteiger partial charge in [0, 0.05) is 0 Å². The molecule has 0 saturated carbocycles. The van der Waals surface area contributed by atoms with Crippen LogP contribution in [0.3, 0.4) is 0 Å². The monoisotopic (exact) mass is 176 g/mol. The van der Waals surface area contributed by atoms with Crippen LogP contribution in [0.25, 0.3) is 0 Å². The molecule has 0 saturated heterocycles. The summed E-state index contributed by atoms with van der Waals surface area (Å²) in [7, 11) is 0. The van der Waals surface area contributed by atoms with Gasteiger partial charge >= 0.3 is 0 Å². The molecule has 1 unspecified atom stereocenters. The molecule has 13 heavy (non-hydrogen) atoms. The molecular weight excluding hydrogens is 160 g/mol. The van der Waals surface area contributed by atoms with Crippen LogP contribution < -0.4 is 0 Å². The number of benzene rings is 1. The number of rotatable bonds is 5. The first-order valence-electron chi connectivity index (χ1n) is 4.67. The average Bonchev–Trinajstić information content (AvgIpc) is 2.19. The van der Waals surface area contributed by atoms with Gasteiger partial charge in [-0.1, -0.05) is 36.4 Å². The van der Waals surface area contributed by atoms with Crippen LogP contribution in [0, 0.1) is 0 Å². The smallest absolute Gasteiger partial charge is 0.0718 e. The minimum atomic E-state index is -0.344. The van der Waals surface area contributed by atoms with E-state index in [0.717, 1.165) is 19.3 Å². The van der Waals surface area contributed by atoms with Gasteiger partial charge in [-0.05, 0) is 24.8 Å². The number of aliphatic hydroxyl groups excluding tert-OH is 1. The fourth-order valence-electron chi connectivity index (χ4n) is 1.28. The lowest BCUT2D eigenvalue weighted by Gasteiger charge is -2.04. The summed E-state index contributed by atoms with van der Waals surface area (Å²) in [5.74, 6) is 0. The van der Waals surface area contributed by atoms with Crippen LogP contribution in [-0.2, 0) is 6.42 Å². The Labute approximate surface area is 79.7 Å². The Morgan fingerprint density at radius 1 is 1.31 bits per heavy atom. The molecule has 0 aliphatic rings. The van der Waals surface area contributed by atoms with E-state index in [1.54, 1.807) is 6.08 Å². The molecule has 0 aliphatic heterocycles. The van der Waals surface area contributed by atoms with Crippen molar-refractivity contribution in [2.24, 2.45) is 0 Å². The van der Waals surface area contributed by atoms with Crippen molar-refractivity contribution in [3.8, 4) is 0 Å². The second kappa shape index (κ2) is 5.55. The summed E-state index contributed by atoms with van der Waals surface area (Å²) in [6, 6.07) is 10.3. The van der Waals surface area contributed by atoms with Crippen molar-refractivity contribution in [1.82, 2.24) is 0 Å². The molecule has 0 spiro atoms. The first kappa shape index (κ1) is 10.0. The van der Waals surface area contributed by atoms with Crippen molar-refractivity contribution in [1.29, 1.82) is 0 Å². The standard InChI is InChI=1S/C12H16O/c1-2-12(13)10-6-9-11-7-4-3-5-8-11/h2-5,7-8,12-13H,1,6,9-10H2. The molecule has 1 rings (SSSR count). The van der Waals surface area contributed by atoms with Crippen LogP contribution in [0.5, 0.6) is 0 Å². The Kier molecular flexibility index (Phi) is 4.27. The fourth-order valence-corrected chi connectivity index (χ4v) is 1.28. The Hall–Kier alpha value is -1.08. The van der Waals surface area contributed by atoms with E-state index < -0.39 is 0 Å². The zero-order valence-corrected chi connectivity index (χ0v) is 7.82. The van der Waals surface area contributed by atoms with E-state index in [0.29, 0.717) is 0 Å². The van der Waals surface area contributed by atoms with Crippen LogP contribution in [0.2, 0.25) is 0 Å². The van der Waals surface area contributed by atoms with E-state index in [1.807, 2.05) is 18.2 Å². The summed E-state index contributed by atoms with van der Waals surface area (Å²) < 4.78 is 0. The van der Waals surface area contributed by atoms with Crippen molar-refractivity contribution in [3.63, 3.8) is 0 Å². The van der Waals surface area contributed by atoms with Gasteiger partial charge in [0.15, 0.2) is 0 Å². The summed E-state index contributed by atoms with van der Waals surface area (Å²) in [5, 5.41) is 9.22. The van der Waals surface area contributed by atoms with E-state index in [-0.39, 0.29) is 6.10 Å². The molecule has 1 heteroatoms. The third-order valence-corrected chi connectivity index (χ3v) is 2.08. The third kappa shape index (κ3) is 3.90. The summed E-state index contributed by atoms with van der Waals surface area (Å²) in [4.78, 5) is 0. The first-order chi connectivity index (χ1) is 6.33. The van der Waals surface area contributed by atoms with Crippen molar-refractivity contribution in [2.45, 2.75) is 25.4 Å². The molecule has 1 nitrogen and oxygen atoms in total. The van der Waals surface area contributed by atoms with Crippen LogP contribution >= 0.6 is 0 Å². The highest BCUT2D eigenvalue weighted by molar-refractivity contribution is 5.14. The number of hydrogen-bond acceptors (Lipinski definition) is 1. The second-order valence-electron chi connectivity index (χ2n) is 3.18. The fraction of sp³-hybridized carbons (Fsp3) is 0.333. The second-order valence-corrected chi connectivity index (χ2v) is 3.18. The Morgan fingerprint density at radius 3 is 2.62 bits per heavy atom. The maximum Gasteiger partial charge on any atom is 0.0718 e. The van der Waals surface area contributed by atoms with Crippen LogP contribution in [0.1, 0.15) is 18.4 Å². The first-order valence-corrected chi connectivity index (χ1v) is 4.67. The molecule has 0 aromatic heterocycles. The van der Waals surface area contributed by atoms with E-state index in [9.17, 15) is 5.11 Å². The van der Waals surface area contributed by atoms with Gasteiger partial charge in [-0.15, -0.1) is 6.58 Å². The van der Waals surface area contributed by atoms with Gasteiger partial charge in [-0.25, -0.2) is 0 Å². The zero-order chi connectivity index (χ0) is 9.52. The largest absolute Gasteiger partial charge is 0.389 e. The van der Waals surface area contributed by atoms with Gasteiger partial charge in [0.25, 0.3) is 0 Å². The Morgan fingerprint density at radius 2 is 2.00 bits per heavy atom. The van der Waals surface area contributed by atoms with Crippen molar-refractivity contribution >= 4 is 0 Å². The van der Waals surface area contributed by atoms with E-state index in [2.05, 4.69) is 18.7 Å². The van der Waals surface area contributed by atoms with Gasteiger partial charge < -0.3 is 5.11 Å². The Bertz CT molecular complexity index is 241. The van der Waals surface area contributed by atoms with Gasteiger partial charge in [-0.3, -0.25) is 0 Å². The lowest BCUT2D eigenvalue weighted by molar-refractivity contribution is 0.210. The molecule has 1 aromatic rings. The minimum Gasteiger partial charge on any atom is -0.389 e. The number of aliphatic hydroxyl groups is 1. The van der Waals surface area contributed by atoms with Gasteiger partial charge in [0.2, 0.25) is 0 Å². The molecule has 70 valence electrons. The lowest BCUT2D eigenvalue weighted by atomic mass is 10.1. The summed E-state index contributed by atoms with van der Waals surface area (Å²) in [6.07, 6.45) is 4.09. The van der Waals surface area contributed by atoms with Crippen molar-refractivity contribution in [2.75, 3.05) is 0 Å². The molecule has 0 aliphatic carbocycles. The molecular formula is C12H16O. The highest BCUT2D eigenvalue weighted by Crippen LogP contribution is 2.06. The van der Waals surface area contributed by atoms with Crippen LogP contribution in [0.15, 0.2) is 43.0 Å². The molecule has 0 heterocycles. The van der Waals surface area contributed by atoms with Gasteiger partial charge in [0.1, 0.15) is 0 Å². The zero-order valence-electron chi connectivity index (χ0n) is 7.82. The predicted molar refractivity (Wildman–Crippen MR) is 55.6 cm³/mol. The topological polar surface area (TPSA) is 20.2 Å². The molecule has 1 atom stereocenters. The maximum atomic E-state index is 9.22. The van der Waals surface area contributed by atoms with E-state index in [4.69, 9.17) is 0 Å².